The van der Waals surface area contributed by atoms with Crippen molar-refractivity contribution < 1.29 is 72.8 Å². The van der Waals surface area contributed by atoms with Crippen molar-refractivity contribution in [2.75, 3.05) is 32.9 Å². The number of carboxylic acid groups (broad SMARTS) is 1. The molecule has 2 rings (SSSR count). The largest absolute Gasteiger partial charge is 0.492 e. The van der Waals surface area contributed by atoms with Crippen molar-refractivity contribution in [3.05, 3.63) is 65.5 Å². The van der Waals surface area contributed by atoms with Crippen LogP contribution in [0.4, 0.5) is 48.7 Å². The van der Waals surface area contributed by atoms with Gasteiger partial charge in [-0.2, -0.15) is 39.5 Å². The van der Waals surface area contributed by atoms with Gasteiger partial charge in [-0.3, -0.25) is 0 Å². The Morgan fingerprint density at radius 3 is 1.93 bits per heavy atom. The Balaban J connectivity index is 2.07. The first kappa shape index (κ1) is 37.4. The van der Waals surface area contributed by atoms with Gasteiger partial charge >= 0.3 is 36.1 Å². The maximum Gasteiger partial charge on any atom is 0.460 e. The van der Waals surface area contributed by atoms with E-state index in [0.717, 1.165) is 12.1 Å². The zero-order chi connectivity index (χ0) is 34.1. The molecule has 45 heavy (non-hydrogen) atoms. The lowest BCUT2D eigenvalue weighted by Gasteiger charge is -2.33. The molecule has 0 saturated carbocycles. The van der Waals surface area contributed by atoms with Gasteiger partial charge < -0.3 is 29.5 Å². The molecule has 2 amide bonds. The van der Waals surface area contributed by atoms with Crippen LogP contribution >= 0.6 is 0 Å². The van der Waals surface area contributed by atoms with Crippen molar-refractivity contribution in [2.45, 2.75) is 50.1 Å². The van der Waals surface area contributed by atoms with E-state index in [1.165, 1.54) is 36.4 Å². The summed E-state index contributed by atoms with van der Waals surface area (Å²) in [5.74, 6) is -15.7. The fraction of sp³-hybridized carbons (Fsp3) is 0.481. The molecule has 2 aromatic rings. The molecule has 0 aliphatic carbocycles. The van der Waals surface area contributed by atoms with Crippen LogP contribution in [0.5, 0.6) is 5.75 Å². The molecule has 0 fully saturated rings. The first-order valence-electron chi connectivity index (χ1n) is 13.0. The van der Waals surface area contributed by atoms with Gasteiger partial charge in [-0.05, 0) is 42.3 Å². The number of amides is 2. The van der Waals surface area contributed by atoms with Crippen LogP contribution < -0.4 is 10.1 Å². The van der Waals surface area contributed by atoms with Crippen LogP contribution in [0.15, 0.2) is 48.5 Å². The Hall–Kier alpha value is -3.80. The van der Waals surface area contributed by atoms with E-state index in [9.17, 15) is 58.6 Å². The summed E-state index contributed by atoms with van der Waals surface area (Å²) in [6.45, 7) is -1.85. The molecule has 1 atom stereocenters. The molecule has 0 saturated heterocycles. The Kier molecular flexibility index (Phi) is 12.8. The number of nitrogens with one attached hydrogen (secondary N) is 1. The van der Waals surface area contributed by atoms with Gasteiger partial charge in [-0.1, -0.05) is 24.3 Å². The molecule has 1 unspecified atom stereocenters. The summed E-state index contributed by atoms with van der Waals surface area (Å²) in [7, 11) is 0. The monoisotopic (exact) mass is 666 g/mol. The Morgan fingerprint density at radius 2 is 1.40 bits per heavy atom. The van der Waals surface area contributed by atoms with E-state index in [0.29, 0.717) is 16.0 Å². The van der Waals surface area contributed by atoms with Crippen LogP contribution in [0.1, 0.15) is 18.1 Å². The number of halogens is 10. The molecule has 18 heteroatoms. The van der Waals surface area contributed by atoms with Crippen molar-refractivity contribution in [1.82, 2.24) is 10.2 Å². The van der Waals surface area contributed by atoms with Crippen LogP contribution in [0.25, 0.3) is 0 Å². The highest BCUT2D eigenvalue weighted by molar-refractivity contribution is 5.74. The molecular weight excluding hydrogens is 638 g/mol. The number of carbonyl (C=O) groups is 2. The molecule has 8 nitrogen and oxygen atoms in total. The number of carbonyl (C=O) groups excluding carboxylic acids is 1. The lowest BCUT2D eigenvalue weighted by molar-refractivity contribution is -0.443. The van der Waals surface area contributed by atoms with E-state index in [-0.39, 0.29) is 31.9 Å². The third-order valence-electron chi connectivity index (χ3n) is 6.02. The highest BCUT2D eigenvalue weighted by atomic mass is 19.4. The van der Waals surface area contributed by atoms with Crippen LogP contribution in [0, 0.1) is 5.82 Å². The van der Waals surface area contributed by atoms with Gasteiger partial charge in [0, 0.05) is 26.1 Å². The zero-order valence-corrected chi connectivity index (χ0v) is 23.4. The number of aliphatic carboxylic acids is 1. The maximum absolute atomic E-state index is 13.8. The summed E-state index contributed by atoms with van der Waals surface area (Å²) < 4.78 is 145. The predicted molar refractivity (Wildman–Crippen MR) is 136 cm³/mol. The summed E-state index contributed by atoms with van der Waals surface area (Å²) in [5.41, 5.74) is 0.947. The van der Waals surface area contributed by atoms with E-state index in [2.05, 4.69) is 10.1 Å². The summed E-state index contributed by atoms with van der Waals surface area (Å²) in [4.78, 5) is 24.6. The van der Waals surface area contributed by atoms with Crippen LogP contribution in [-0.4, -0.2) is 85.2 Å². The smallest absolute Gasteiger partial charge is 0.460 e. The average molecular weight is 667 g/mol. The minimum Gasteiger partial charge on any atom is -0.492 e. The topological polar surface area (TPSA) is 97.3 Å². The third-order valence-corrected chi connectivity index (χ3v) is 6.02. The molecule has 0 heterocycles. The summed E-state index contributed by atoms with van der Waals surface area (Å²) in [6.07, 6.45) is -14.4. The first-order chi connectivity index (χ1) is 20.8. The second-order valence-corrected chi connectivity index (χ2v) is 9.26. The molecule has 2 N–H and O–H groups in total. The third kappa shape index (κ3) is 10.1. The van der Waals surface area contributed by atoms with Crippen LogP contribution in [0.3, 0.4) is 0 Å². The highest BCUT2D eigenvalue weighted by Gasteiger charge is 2.82. The van der Waals surface area contributed by atoms with Gasteiger partial charge in [0.15, 0.2) is 6.10 Å². The van der Waals surface area contributed by atoms with Crippen LogP contribution in [-0.2, 0) is 27.2 Å². The number of alkyl halides is 9. The highest BCUT2D eigenvalue weighted by Crippen LogP contribution is 2.53. The van der Waals surface area contributed by atoms with Crippen molar-refractivity contribution in [1.29, 1.82) is 0 Å². The van der Waals surface area contributed by atoms with E-state index < -0.39 is 67.7 Å². The lowest BCUT2D eigenvalue weighted by Crippen LogP contribution is -2.62. The minimum atomic E-state index is -7.14. The lowest BCUT2D eigenvalue weighted by atomic mass is 10.1. The number of hydrogen-bond acceptors (Lipinski definition) is 5. The molecule has 0 aromatic heterocycles. The van der Waals surface area contributed by atoms with Gasteiger partial charge in [-0.15, -0.1) is 0 Å². The van der Waals surface area contributed by atoms with Gasteiger partial charge in [0.2, 0.25) is 0 Å². The molecular formula is C27H28F10N2O6. The fourth-order valence-electron chi connectivity index (χ4n) is 3.57. The second kappa shape index (κ2) is 15.5. The number of rotatable bonds is 17. The van der Waals surface area contributed by atoms with E-state index in [4.69, 9.17) is 9.47 Å². The number of carboxylic acids is 1. The first-order valence-corrected chi connectivity index (χ1v) is 13.0. The molecule has 0 bridgehead atoms. The standard InChI is InChI=1S/C27H28F10N2O6/c1-2-43-21(22(40)41)15-17-5-9-20(10-6-17)44-13-11-39(23(42)38-16-18-3-7-19(28)8-4-18)12-14-45-27(36,37)25(31,32)24(29,30)26(33,34)35/h3-10,21H,2,11-16H2,1H3,(H,38,42)(H,40,41). The summed E-state index contributed by atoms with van der Waals surface area (Å²) >= 11 is 0. The van der Waals surface area contributed by atoms with Crippen molar-refractivity contribution in [3.8, 4) is 5.75 Å². The zero-order valence-electron chi connectivity index (χ0n) is 23.4. The number of ether oxygens (including phenoxy) is 3. The average Bonchev–Trinajstić information content (AvgIpc) is 2.95. The Labute approximate surface area is 249 Å². The van der Waals surface area contributed by atoms with Gasteiger partial charge in [0.05, 0.1) is 13.2 Å². The Morgan fingerprint density at radius 1 is 0.844 bits per heavy atom. The SMILES string of the molecule is CCOC(Cc1ccc(OCCN(CCOC(F)(F)C(F)(F)C(F)(F)C(F)(F)F)C(=O)NCc2ccc(F)cc2)cc1)C(=O)O. The van der Waals surface area contributed by atoms with Gasteiger partial charge in [-0.25, -0.2) is 14.0 Å². The molecule has 0 radical (unpaired) electrons. The normalized spacial score (nSPS) is 13.3. The summed E-state index contributed by atoms with van der Waals surface area (Å²) in [5, 5.41) is 11.5. The second-order valence-electron chi connectivity index (χ2n) is 9.26. The molecule has 0 aliphatic heterocycles. The number of benzene rings is 2. The van der Waals surface area contributed by atoms with Gasteiger partial charge in [0.1, 0.15) is 18.2 Å². The molecule has 252 valence electrons. The summed E-state index contributed by atoms with van der Waals surface area (Å²) in [6, 6.07) is 9.62. The molecule has 2 aromatic carbocycles. The van der Waals surface area contributed by atoms with E-state index in [1.54, 1.807) is 6.92 Å². The number of nitrogens with zero attached hydrogens (tertiary/aromatic N) is 1. The minimum absolute atomic E-state index is 0.0318. The number of hydrogen-bond donors (Lipinski definition) is 2. The Bertz CT molecular complexity index is 1240. The predicted octanol–water partition coefficient (Wildman–Crippen LogP) is 5.89. The quantitative estimate of drug-likeness (QED) is 0.205. The van der Waals surface area contributed by atoms with Crippen molar-refractivity contribution in [3.63, 3.8) is 0 Å². The van der Waals surface area contributed by atoms with Crippen molar-refractivity contribution >= 4 is 12.0 Å². The maximum atomic E-state index is 13.8. The van der Waals surface area contributed by atoms with Gasteiger partial charge in [0.25, 0.3) is 0 Å². The van der Waals surface area contributed by atoms with Crippen LogP contribution in [0.2, 0.25) is 0 Å². The fourth-order valence-corrected chi connectivity index (χ4v) is 3.57. The van der Waals surface area contributed by atoms with Crippen molar-refractivity contribution in [2.24, 2.45) is 0 Å². The van der Waals surface area contributed by atoms with E-state index in [1.807, 2.05) is 0 Å². The molecule has 0 spiro atoms. The number of urea groups is 1. The van der Waals surface area contributed by atoms with E-state index >= 15 is 0 Å². The molecule has 0 aliphatic rings.